The van der Waals surface area contributed by atoms with Crippen LogP contribution in [-0.4, -0.2) is 32.2 Å². The smallest absolute Gasteiger partial charge is 0.413 e. The van der Waals surface area contributed by atoms with Gasteiger partial charge in [0.25, 0.3) is 5.91 Å². The van der Waals surface area contributed by atoms with Crippen LogP contribution in [0.15, 0.2) is 18.2 Å². The Morgan fingerprint density at radius 1 is 1.30 bits per heavy atom. The van der Waals surface area contributed by atoms with Gasteiger partial charge in [0.15, 0.2) is 11.5 Å². The summed E-state index contributed by atoms with van der Waals surface area (Å²) in [4.78, 5) is 23.1. The van der Waals surface area contributed by atoms with Crippen LogP contribution in [0.4, 0.5) is 4.79 Å². The molecule has 1 aromatic rings. The number of carbonyl (C=O) groups is 2. The second kappa shape index (κ2) is 7.69. The summed E-state index contributed by atoms with van der Waals surface area (Å²) in [6.45, 7) is 2.41. The fourth-order valence-corrected chi connectivity index (χ4v) is 1.41. The van der Waals surface area contributed by atoms with Crippen molar-refractivity contribution in [1.82, 2.24) is 10.6 Å². The predicted molar refractivity (Wildman–Crippen MR) is 73.9 cm³/mol. The van der Waals surface area contributed by atoms with Crippen LogP contribution in [0.1, 0.15) is 17.3 Å². The van der Waals surface area contributed by atoms with Gasteiger partial charge in [-0.15, -0.1) is 6.42 Å². The topological polar surface area (TPSA) is 76.7 Å². The number of rotatable bonds is 5. The van der Waals surface area contributed by atoms with Crippen LogP contribution in [0.3, 0.4) is 0 Å². The summed E-state index contributed by atoms with van der Waals surface area (Å²) in [6.07, 6.45) is 4.33. The highest BCUT2D eigenvalue weighted by molar-refractivity contribution is 5.95. The van der Waals surface area contributed by atoms with E-state index in [1.165, 1.54) is 25.3 Å². The lowest BCUT2D eigenvalue weighted by Gasteiger charge is -2.11. The molecule has 0 saturated heterocycles. The van der Waals surface area contributed by atoms with Gasteiger partial charge >= 0.3 is 6.09 Å². The number of benzene rings is 1. The summed E-state index contributed by atoms with van der Waals surface area (Å²) >= 11 is 0. The minimum atomic E-state index is -0.688. The minimum absolute atomic E-state index is 0.0676. The zero-order chi connectivity index (χ0) is 15.0. The Kier molecular flexibility index (Phi) is 5.91. The lowest BCUT2D eigenvalue weighted by atomic mass is 10.2. The zero-order valence-corrected chi connectivity index (χ0v) is 11.4. The summed E-state index contributed by atoms with van der Waals surface area (Å²) in [7, 11) is 1.42. The van der Waals surface area contributed by atoms with Crippen molar-refractivity contribution < 1.29 is 19.1 Å². The summed E-state index contributed by atoms with van der Waals surface area (Å²) in [6, 6.07) is 4.52. The van der Waals surface area contributed by atoms with Crippen LogP contribution in [0.5, 0.6) is 11.5 Å². The van der Waals surface area contributed by atoms with Crippen LogP contribution < -0.4 is 20.1 Å². The molecule has 0 aliphatic rings. The average molecular weight is 276 g/mol. The van der Waals surface area contributed by atoms with E-state index in [9.17, 15) is 9.59 Å². The second-order valence-corrected chi connectivity index (χ2v) is 3.67. The summed E-state index contributed by atoms with van der Waals surface area (Å²) < 4.78 is 10.1. The third-order valence-electron chi connectivity index (χ3n) is 2.30. The van der Waals surface area contributed by atoms with Gasteiger partial charge in [0.05, 0.1) is 13.7 Å². The number of hydrogen-bond acceptors (Lipinski definition) is 4. The first-order chi connectivity index (χ1) is 9.62. The van der Waals surface area contributed by atoms with Crippen molar-refractivity contribution in [3.8, 4) is 23.8 Å². The maximum absolute atomic E-state index is 11.7. The molecule has 0 radical (unpaired) electrons. The molecule has 0 bridgehead atoms. The number of amides is 2. The van der Waals surface area contributed by atoms with Gasteiger partial charge < -0.3 is 20.1 Å². The van der Waals surface area contributed by atoms with Crippen LogP contribution in [0, 0.1) is 12.3 Å². The summed E-state index contributed by atoms with van der Waals surface area (Å²) in [5.41, 5.74) is 0.417. The molecule has 106 valence electrons. The van der Waals surface area contributed by atoms with E-state index in [4.69, 9.17) is 15.9 Å². The third kappa shape index (κ3) is 4.21. The average Bonchev–Trinajstić information content (AvgIpc) is 2.45. The van der Waals surface area contributed by atoms with Gasteiger partial charge in [0.1, 0.15) is 0 Å². The molecule has 0 spiro atoms. The Hall–Kier alpha value is -2.68. The van der Waals surface area contributed by atoms with Crippen LogP contribution >= 0.6 is 0 Å². The number of ether oxygens (including phenoxy) is 2. The van der Waals surface area contributed by atoms with Crippen LogP contribution in [-0.2, 0) is 0 Å². The Labute approximate surface area is 117 Å². The Bertz CT molecular complexity index is 534. The molecule has 0 fully saturated rings. The first-order valence-corrected chi connectivity index (χ1v) is 5.97. The predicted octanol–water partition coefficient (Wildman–Crippen LogP) is 1.17. The molecule has 2 N–H and O–H groups in total. The van der Waals surface area contributed by atoms with Gasteiger partial charge in [-0.05, 0) is 25.1 Å². The molecule has 0 aliphatic carbocycles. The first-order valence-electron chi connectivity index (χ1n) is 5.97. The number of nitrogens with one attached hydrogen (secondary N) is 2. The van der Waals surface area contributed by atoms with Crippen molar-refractivity contribution in [1.29, 1.82) is 0 Å². The highest BCUT2D eigenvalue weighted by atomic mass is 16.6. The van der Waals surface area contributed by atoms with Gasteiger partial charge in [-0.1, -0.05) is 5.92 Å². The standard InChI is InChI=1S/C14H16N2O4/c1-4-8-16-14(18)20-11-7-6-10(9-12(11)19-3)13(17)15-5-2/h1,6-7,9H,5,8H2,2-3H3,(H,15,17)(H,16,18). The Balaban J connectivity index is 2.86. The van der Waals surface area contributed by atoms with E-state index >= 15 is 0 Å². The monoisotopic (exact) mass is 276 g/mol. The minimum Gasteiger partial charge on any atom is -0.493 e. The highest BCUT2D eigenvalue weighted by Crippen LogP contribution is 2.28. The summed E-state index contributed by atoms with van der Waals surface area (Å²) in [5.74, 6) is 2.51. The first kappa shape index (κ1) is 15.4. The van der Waals surface area contributed by atoms with Gasteiger partial charge in [0.2, 0.25) is 0 Å². The Morgan fingerprint density at radius 2 is 2.05 bits per heavy atom. The fraction of sp³-hybridized carbons (Fsp3) is 0.286. The molecule has 2 amide bonds. The molecule has 1 rings (SSSR count). The van der Waals surface area contributed by atoms with Crippen molar-refractivity contribution in [3.05, 3.63) is 23.8 Å². The van der Waals surface area contributed by atoms with E-state index in [0.717, 1.165) is 0 Å². The largest absolute Gasteiger partial charge is 0.493 e. The number of carbonyl (C=O) groups excluding carboxylic acids is 2. The highest BCUT2D eigenvalue weighted by Gasteiger charge is 2.13. The van der Waals surface area contributed by atoms with Crippen LogP contribution in [0.25, 0.3) is 0 Å². The van der Waals surface area contributed by atoms with Gasteiger partial charge in [-0.3, -0.25) is 4.79 Å². The maximum atomic E-state index is 11.7. The lowest BCUT2D eigenvalue weighted by molar-refractivity contribution is 0.0955. The molecule has 6 heteroatoms. The molecule has 0 heterocycles. The van der Waals surface area contributed by atoms with E-state index < -0.39 is 6.09 Å². The Morgan fingerprint density at radius 3 is 2.65 bits per heavy atom. The number of methoxy groups -OCH3 is 1. The van der Waals surface area contributed by atoms with Gasteiger partial charge in [0, 0.05) is 12.1 Å². The van der Waals surface area contributed by atoms with Crippen molar-refractivity contribution >= 4 is 12.0 Å². The third-order valence-corrected chi connectivity index (χ3v) is 2.30. The summed E-state index contributed by atoms with van der Waals surface area (Å²) in [5, 5.41) is 5.02. The molecule has 1 aromatic carbocycles. The molecule has 0 aromatic heterocycles. The quantitative estimate of drug-likeness (QED) is 0.791. The van der Waals surface area contributed by atoms with E-state index in [2.05, 4.69) is 16.6 Å². The van der Waals surface area contributed by atoms with Gasteiger partial charge in [-0.25, -0.2) is 4.79 Å². The van der Waals surface area contributed by atoms with Crippen molar-refractivity contribution in [2.75, 3.05) is 20.2 Å². The van der Waals surface area contributed by atoms with E-state index in [-0.39, 0.29) is 24.0 Å². The molecular formula is C14H16N2O4. The van der Waals surface area contributed by atoms with E-state index in [0.29, 0.717) is 12.1 Å². The number of hydrogen-bond donors (Lipinski definition) is 2. The molecular weight excluding hydrogens is 260 g/mol. The maximum Gasteiger partial charge on any atom is 0.413 e. The van der Waals surface area contributed by atoms with Crippen molar-refractivity contribution in [3.63, 3.8) is 0 Å². The normalized spacial score (nSPS) is 9.25. The number of terminal acetylenes is 1. The van der Waals surface area contributed by atoms with Crippen LogP contribution in [0.2, 0.25) is 0 Å². The van der Waals surface area contributed by atoms with E-state index in [1.54, 1.807) is 0 Å². The second-order valence-electron chi connectivity index (χ2n) is 3.67. The van der Waals surface area contributed by atoms with Gasteiger partial charge in [-0.2, -0.15) is 0 Å². The van der Waals surface area contributed by atoms with E-state index in [1.807, 2.05) is 6.92 Å². The molecule has 0 saturated carbocycles. The zero-order valence-electron chi connectivity index (χ0n) is 11.4. The molecule has 0 atom stereocenters. The van der Waals surface area contributed by atoms with Crippen molar-refractivity contribution in [2.45, 2.75) is 6.92 Å². The molecule has 6 nitrogen and oxygen atoms in total. The van der Waals surface area contributed by atoms with Crippen molar-refractivity contribution in [2.24, 2.45) is 0 Å². The fourth-order valence-electron chi connectivity index (χ4n) is 1.41. The SMILES string of the molecule is C#CCNC(=O)Oc1ccc(C(=O)NCC)cc1OC. The lowest BCUT2D eigenvalue weighted by Crippen LogP contribution is -2.27. The molecule has 20 heavy (non-hydrogen) atoms. The molecule has 0 unspecified atom stereocenters. The molecule has 0 aliphatic heterocycles.